The monoisotopic (exact) mass is 238 g/mol. The Morgan fingerprint density at radius 3 is 2.44 bits per heavy atom. The number of benzene rings is 1. The molecule has 0 N–H and O–H groups in total. The second-order valence-electron chi connectivity index (χ2n) is 4.66. The van der Waals surface area contributed by atoms with Gasteiger partial charge in [0.05, 0.1) is 5.38 Å². The van der Waals surface area contributed by atoms with Gasteiger partial charge in [-0.2, -0.15) is 0 Å². The molecule has 90 valence electrons. The molecule has 0 heterocycles. The van der Waals surface area contributed by atoms with Gasteiger partial charge in [0.1, 0.15) is 0 Å². The van der Waals surface area contributed by atoms with E-state index in [-0.39, 0.29) is 5.38 Å². The molecule has 0 saturated heterocycles. The molecule has 1 rings (SSSR count). The molecular weight excluding hydrogens is 216 g/mol. The van der Waals surface area contributed by atoms with E-state index in [1.54, 1.807) is 0 Å². The second kappa shape index (κ2) is 6.96. The van der Waals surface area contributed by atoms with Crippen molar-refractivity contribution in [2.75, 3.05) is 0 Å². The van der Waals surface area contributed by atoms with Crippen LogP contribution in [0.25, 0.3) is 0 Å². The van der Waals surface area contributed by atoms with Crippen LogP contribution in [0.2, 0.25) is 0 Å². The van der Waals surface area contributed by atoms with Crippen molar-refractivity contribution in [3.05, 3.63) is 34.9 Å². The number of halogens is 1. The van der Waals surface area contributed by atoms with Crippen LogP contribution < -0.4 is 0 Å². The molecule has 0 amide bonds. The second-order valence-corrected chi connectivity index (χ2v) is 5.19. The van der Waals surface area contributed by atoms with E-state index in [0.29, 0.717) is 0 Å². The Morgan fingerprint density at radius 1 is 1.06 bits per heavy atom. The fourth-order valence-electron chi connectivity index (χ4n) is 1.88. The maximum atomic E-state index is 6.41. The van der Waals surface area contributed by atoms with Gasteiger partial charge in [-0.05, 0) is 37.0 Å². The molecule has 0 bridgehead atoms. The van der Waals surface area contributed by atoms with Crippen molar-refractivity contribution < 1.29 is 0 Å². The molecule has 0 aromatic heterocycles. The molecule has 1 aromatic carbocycles. The summed E-state index contributed by atoms with van der Waals surface area (Å²) in [6.45, 7) is 6.53. The summed E-state index contributed by atoms with van der Waals surface area (Å²) in [5, 5.41) is 0.191. The van der Waals surface area contributed by atoms with Gasteiger partial charge in [0.25, 0.3) is 0 Å². The Kier molecular flexibility index (Phi) is 5.90. The van der Waals surface area contributed by atoms with Crippen molar-refractivity contribution in [2.45, 2.75) is 58.3 Å². The lowest BCUT2D eigenvalue weighted by Crippen LogP contribution is -1.93. The first-order valence-corrected chi connectivity index (χ1v) is 6.80. The van der Waals surface area contributed by atoms with E-state index in [1.807, 2.05) is 0 Å². The van der Waals surface area contributed by atoms with E-state index in [9.17, 15) is 0 Å². The van der Waals surface area contributed by atoms with Crippen LogP contribution in [0.1, 0.15) is 61.1 Å². The van der Waals surface area contributed by atoms with Crippen LogP contribution in [0.3, 0.4) is 0 Å². The highest BCUT2D eigenvalue weighted by Gasteiger charge is 2.08. The molecule has 0 aliphatic heterocycles. The molecule has 0 radical (unpaired) electrons. The molecule has 1 aromatic rings. The molecule has 1 atom stereocenters. The van der Waals surface area contributed by atoms with E-state index in [0.717, 1.165) is 6.42 Å². The molecule has 0 spiro atoms. The van der Waals surface area contributed by atoms with Gasteiger partial charge in [0.2, 0.25) is 0 Å². The van der Waals surface area contributed by atoms with Gasteiger partial charge in [0, 0.05) is 0 Å². The average molecular weight is 239 g/mol. The first-order chi connectivity index (χ1) is 7.65. The average Bonchev–Trinajstić information content (AvgIpc) is 2.28. The van der Waals surface area contributed by atoms with E-state index < -0.39 is 0 Å². The summed E-state index contributed by atoms with van der Waals surface area (Å²) in [6, 6.07) is 6.57. The quantitative estimate of drug-likeness (QED) is 0.450. The maximum Gasteiger partial charge on any atom is 0.0585 e. The summed E-state index contributed by atoms with van der Waals surface area (Å²) in [4.78, 5) is 0. The van der Waals surface area contributed by atoms with Crippen LogP contribution in [0.15, 0.2) is 18.2 Å². The number of alkyl halides is 1. The van der Waals surface area contributed by atoms with Crippen LogP contribution in [0.4, 0.5) is 0 Å². The Labute approximate surface area is 105 Å². The van der Waals surface area contributed by atoms with Crippen LogP contribution in [0.5, 0.6) is 0 Å². The van der Waals surface area contributed by atoms with Gasteiger partial charge in [-0.25, -0.2) is 0 Å². The summed E-state index contributed by atoms with van der Waals surface area (Å²) in [6.07, 6.45) is 6.27. The van der Waals surface area contributed by atoms with E-state index in [2.05, 4.69) is 39.0 Å². The number of hydrogen-bond acceptors (Lipinski definition) is 0. The van der Waals surface area contributed by atoms with Gasteiger partial charge < -0.3 is 0 Å². The summed E-state index contributed by atoms with van der Waals surface area (Å²) in [5.41, 5.74) is 3.97. The summed E-state index contributed by atoms with van der Waals surface area (Å²) in [7, 11) is 0. The number of aryl methyl sites for hydroxylation is 2. The number of unbranched alkanes of at least 4 members (excludes halogenated alkanes) is 3. The third kappa shape index (κ3) is 4.17. The van der Waals surface area contributed by atoms with Crippen molar-refractivity contribution in [3.63, 3.8) is 0 Å². The van der Waals surface area contributed by atoms with Crippen molar-refractivity contribution >= 4 is 11.6 Å². The first kappa shape index (κ1) is 13.6. The van der Waals surface area contributed by atoms with Gasteiger partial charge in [0.15, 0.2) is 0 Å². The molecule has 0 aliphatic rings. The van der Waals surface area contributed by atoms with Gasteiger partial charge in [-0.1, -0.05) is 50.8 Å². The Hall–Kier alpha value is -0.490. The van der Waals surface area contributed by atoms with Crippen LogP contribution in [-0.4, -0.2) is 0 Å². The fourth-order valence-corrected chi connectivity index (χ4v) is 2.17. The topological polar surface area (TPSA) is 0 Å². The number of hydrogen-bond donors (Lipinski definition) is 0. The minimum absolute atomic E-state index is 0.191. The highest BCUT2D eigenvalue weighted by Crippen LogP contribution is 2.28. The van der Waals surface area contributed by atoms with Gasteiger partial charge in [-0.3, -0.25) is 0 Å². The summed E-state index contributed by atoms with van der Waals surface area (Å²) in [5.74, 6) is 0. The standard InChI is InChI=1S/C15H23Cl/c1-4-5-6-7-8-15(16)14-10-9-12(2)13(3)11-14/h9-11,15H,4-8H2,1-3H3. The predicted molar refractivity (Wildman–Crippen MR) is 73.3 cm³/mol. The minimum atomic E-state index is 0.191. The molecule has 1 unspecified atom stereocenters. The Bertz CT molecular complexity index is 317. The van der Waals surface area contributed by atoms with Crippen LogP contribution in [-0.2, 0) is 0 Å². The lowest BCUT2D eigenvalue weighted by Gasteiger charge is -2.11. The first-order valence-electron chi connectivity index (χ1n) is 6.36. The summed E-state index contributed by atoms with van der Waals surface area (Å²) < 4.78 is 0. The molecular formula is C15H23Cl. The van der Waals surface area contributed by atoms with Crippen molar-refractivity contribution in [3.8, 4) is 0 Å². The Morgan fingerprint density at radius 2 is 1.81 bits per heavy atom. The fraction of sp³-hybridized carbons (Fsp3) is 0.600. The minimum Gasteiger partial charge on any atom is -0.118 e. The highest BCUT2D eigenvalue weighted by atomic mass is 35.5. The lowest BCUT2D eigenvalue weighted by molar-refractivity contribution is 0.624. The maximum absolute atomic E-state index is 6.41. The highest BCUT2D eigenvalue weighted by molar-refractivity contribution is 6.20. The molecule has 0 aliphatic carbocycles. The summed E-state index contributed by atoms with van der Waals surface area (Å²) >= 11 is 6.41. The van der Waals surface area contributed by atoms with Crippen molar-refractivity contribution in [1.82, 2.24) is 0 Å². The number of rotatable bonds is 6. The van der Waals surface area contributed by atoms with Gasteiger partial charge in [-0.15, -0.1) is 11.6 Å². The zero-order chi connectivity index (χ0) is 12.0. The van der Waals surface area contributed by atoms with Crippen LogP contribution in [0, 0.1) is 13.8 Å². The molecule has 1 heteroatoms. The van der Waals surface area contributed by atoms with Gasteiger partial charge >= 0.3 is 0 Å². The lowest BCUT2D eigenvalue weighted by atomic mass is 10.0. The zero-order valence-corrected chi connectivity index (χ0v) is 11.5. The SMILES string of the molecule is CCCCCCC(Cl)c1ccc(C)c(C)c1. The van der Waals surface area contributed by atoms with E-state index in [4.69, 9.17) is 11.6 Å². The largest absolute Gasteiger partial charge is 0.118 e. The van der Waals surface area contributed by atoms with E-state index >= 15 is 0 Å². The van der Waals surface area contributed by atoms with Crippen LogP contribution >= 0.6 is 11.6 Å². The zero-order valence-electron chi connectivity index (χ0n) is 10.7. The smallest absolute Gasteiger partial charge is 0.0585 e. The molecule has 0 fully saturated rings. The molecule has 0 saturated carbocycles. The Balaban J connectivity index is 2.46. The predicted octanol–water partition coefficient (Wildman–Crippen LogP) is 5.55. The molecule has 16 heavy (non-hydrogen) atoms. The third-order valence-corrected chi connectivity index (χ3v) is 3.67. The molecule has 0 nitrogen and oxygen atoms in total. The van der Waals surface area contributed by atoms with Crippen molar-refractivity contribution in [1.29, 1.82) is 0 Å². The normalized spacial score (nSPS) is 12.8. The van der Waals surface area contributed by atoms with Crippen molar-refractivity contribution in [2.24, 2.45) is 0 Å². The van der Waals surface area contributed by atoms with E-state index in [1.165, 1.54) is 42.4 Å². The third-order valence-electron chi connectivity index (χ3n) is 3.20.